The molecule has 0 saturated carbocycles. The predicted octanol–water partition coefficient (Wildman–Crippen LogP) is 3.23. The molecular weight excluding hydrogens is 370 g/mol. The van der Waals surface area contributed by atoms with Crippen molar-refractivity contribution < 1.29 is 33.8 Å². The van der Waals surface area contributed by atoms with Crippen LogP contribution in [0.15, 0.2) is 30.3 Å². The number of ketones is 1. The summed E-state index contributed by atoms with van der Waals surface area (Å²) in [6.07, 6.45) is 2.61. The van der Waals surface area contributed by atoms with E-state index in [4.69, 9.17) is 18.9 Å². The number of nitrogens with zero attached hydrogens (tertiary/aromatic N) is 1. The van der Waals surface area contributed by atoms with E-state index in [1.54, 1.807) is 0 Å². The fraction of sp³-hybridized carbons (Fsp3) is 0.211. The van der Waals surface area contributed by atoms with Crippen molar-refractivity contribution in [3.05, 3.63) is 51.6 Å². The first kappa shape index (κ1) is 20.6. The number of carbonyl (C=O) groups excluding carboxylic acids is 1. The monoisotopic (exact) mass is 389 g/mol. The second-order valence-corrected chi connectivity index (χ2v) is 5.46. The van der Waals surface area contributed by atoms with Crippen molar-refractivity contribution in [1.82, 2.24) is 0 Å². The highest BCUT2D eigenvalue weighted by molar-refractivity contribution is 6.07. The number of hydrogen-bond donors (Lipinski definition) is 1. The van der Waals surface area contributed by atoms with Gasteiger partial charge in [-0.2, -0.15) is 0 Å². The summed E-state index contributed by atoms with van der Waals surface area (Å²) in [4.78, 5) is 22.9. The van der Waals surface area contributed by atoms with Crippen molar-refractivity contribution in [3.63, 3.8) is 0 Å². The van der Waals surface area contributed by atoms with Gasteiger partial charge in [-0.25, -0.2) is 0 Å². The van der Waals surface area contributed by atoms with Gasteiger partial charge in [-0.05, 0) is 29.8 Å². The normalized spacial score (nSPS) is 10.6. The highest BCUT2D eigenvalue weighted by Crippen LogP contribution is 2.39. The van der Waals surface area contributed by atoms with E-state index in [9.17, 15) is 20.0 Å². The smallest absolute Gasteiger partial charge is 0.315 e. The molecular formula is C19H19NO8. The summed E-state index contributed by atoms with van der Waals surface area (Å²) in [5.41, 5.74) is 0.0485. The molecule has 0 bridgehead atoms. The standard InChI is InChI=1S/C19H19NO8/c1-25-15-8-11(7-13(18(15)22)20(23)24)5-6-14(21)12-9-16(26-2)19(28-4)17(10-12)27-3/h5-10,22H,1-4H3/b6-5+. The second-order valence-electron chi connectivity index (χ2n) is 5.46. The molecule has 0 aliphatic carbocycles. The first-order valence-electron chi connectivity index (χ1n) is 7.94. The molecule has 9 nitrogen and oxygen atoms in total. The van der Waals surface area contributed by atoms with Crippen LogP contribution < -0.4 is 18.9 Å². The zero-order chi connectivity index (χ0) is 20.8. The van der Waals surface area contributed by atoms with E-state index < -0.39 is 22.1 Å². The number of methoxy groups -OCH3 is 4. The van der Waals surface area contributed by atoms with Gasteiger partial charge in [-0.3, -0.25) is 14.9 Å². The Bertz CT molecular complexity index is 911. The minimum atomic E-state index is -0.740. The summed E-state index contributed by atoms with van der Waals surface area (Å²) >= 11 is 0. The Morgan fingerprint density at radius 2 is 1.54 bits per heavy atom. The van der Waals surface area contributed by atoms with E-state index in [0.29, 0.717) is 22.8 Å². The Morgan fingerprint density at radius 3 is 2.00 bits per heavy atom. The number of carbonyl (C=O) groups is 1. The minimum absolute atomic E-state index is 0.0749. The number of hydrogen-bond acceptors (Lipinski definition) is 8. The van der Waals surface area contributed by atoms with E-state index in [1.807, 2.05) is 0 Å². The average molecular weight is 389 g/mol. The van der Waals surface area contributed by atoms with Crippen molar-refractivity contribution in [2.24, 2.45) is 0 Å². The number of rotatable bonds is 8. The van der Waals surface area contributed by atoms with Crippen LogP contribution in [0.2, 0.25) is 0 Å². The average Bonchev–Trinajstić information content (AvgIpc) is 2.70. The van der Waals surface area contributed by atoms with Crippen LogP contribution in [0.1, 0.15) is 15.9 Å². The zero-order valence-electron chi connectivity index (χ0n) is 15.7. The molecule has 0 fully saturated rings. The molecule has 2 rings (SSSR count). The zero-order valence-corrected chi connectivity index (χ0v) is 15.7. The van der Waals surface area contributed by atoms with Crippen LogP contribution in [-0.2, 0) is 0 Å². The van der Waals surface area contributed by atoms with Crippen LogP contribution in [0, 0.1) is 10.1 Å². The number of nitro groups is 1. The molecule has 2 aromatic carbocycles. The highest BCUT2D eigenvalue weighted by atomic mass is 16.6. The first-order valence-corrected chi connectivity index (χ1v) is 7.94. The Morgan fingerprint density at radius 1 is 0.964 bits per heavy atom. The molecule has 0 atom stereocenters. The number of ether oxygens (including phenoxy) is 4. The molecule has 9 heteroatoms. The van der Waals surface area contributed by atoms with Gasteiger partial charge in [0.25, 0.3) is 0 Å². The lowest BCUT2D eigenvalue weighted by Crippen LogP contribution is -2.00. The van der Waals surface area contributed by atoms with Gasteiger partial charge in [0.2, 0.25) is 11.5 Å². The summed E-state index contributed by atoms with van der Waals surface area (Å²) in [6.45, 7) is 0. The lowest BCUT2D eigenvalue weighted by Gasteiger charge is -2.13. The SMILES string of the molecule is COc1cc(/C=C/C(=O)c2cc(OC)c(OC)c(OC)c2)cc([N+](=O)[O-])c1O. The highest BCUT2D eigenvalue weighted by Gasteiger charge is 2.19. The quantitative estimate of drug-likeness (QED) is 0.316. The van der Waals surface area contributed by atoms with Crippen molar-refractivity contribution in [3.8, 4) is 28.7 Å². The molecule has 0 spiro atoms. The number of aromatic hydroxyl groups is 1. The third kappa shape index (κ3) is 4.14. The number of phenols is 1. The molecule has 148 valence electrons. The molecule has 0 aliphatic rings. The van der Waals surface area contributed by atoms with Crippen molar-refractivity contribution in [1.29, 1.82) is 0 Å². The molecule has 0 amide bonds. The van der Waals surface area contributed by atoms with Gasteiger partial charge in [0.1, 0.15) is 0 Å². The second kappa shape index (κ2) is 8.76. The van der Waals surface area contributed by atoms with Gasteiger partial charge < -0.3 is 24.1 Å². The van der Waals surface area contributed by atoms with Crippen molar-refractivity contribution in [2.75, 3.05) is 28.4 Å². The maximum absolute atomic E-state index is 12.5. The topological polar surface area (TPSA) is 117 Å². The summed E-state index contributed by atoms with van der Waals surface area (Å²) < 4.78 is 20.6. The van der Waals surface area contributed by atoms with Crippen molar-refractivity contribution >= 4 is 17.5 Å². The molecule has 0 radical (unpaired) electrons. The molecule has 1 N–H and O–H groups in total. The maximum atomic E-state index is 12.5. The number of benzene rings is 2. The molecule has 0 heterocycles. The van der Waals surface area contributed by atoms with Gasteiger partial charge in [0.05, 0.1) is 33.4 Å². The van der Waals surface area contributed by atoms with Crippen LogP contribution >= 0.6 is 0 Å². The van der Waals surface area contributed by atoms with Gasteiger partial charge in [0, 0.05) is 11.6 Å². The Kier molecular flexibility index (Phi) is 6.43. The van der Waals surface area contributed by atoms with Crippen molar-refractivity contribution in [2.45, 2.75) is 0 Å². The number of phenolic OH excluding ortho intramolecular Hbond substituents is 1. The van der Waals surface area contributed by atoms with E-state index in [1.165, 1.54) is 58.8 Å². The molecule has 0 unspecified atom stereocenters. The summed E-state index contributed by atoms with van der Waals surface area (Å²) in [5.74, 6) is -0.0610. The summed E-state index contributed by atoms with van der Waals surface area (Å²) in [6, 6.07) is 5.50. The number of nitro benzene ring substituents is 1. The van der Waals surface area contributed by atoms with E-state index in [2.05, 4.69) is 0 Å². The van der Waals surface area contributed by atoms with E-state index in [0.717, 1.165) is 6.07 Å². The van der Waals surface area contributed by atoms with Crippen LogP contribution in [0.25, 0.3) is 6.08 Å². The Balaban J connectivity index is 2.41. The fourth-order valence-corrected chi connectivity index (χ4v) is 2.50. The molecule has 28 heavy (non-hydrogen) atoms. The fourth-order valence-electron chi connectivity index (χ4n) is 2.50. The minimum Gasteiger partial charge on any atom is -0.500 e. The molecule has 0 aliphatic heterocycles. The van der Waals surface area contributed by atoms with Crippen LogP contribution in [0.5, 0.6) is 28.7 Å². The largest absolute Gasteiger partial charge is 0.500 e. The maximum Gasteiger partial charge on any atom is 0.315 e. The van der Waals surface area contributed by atoms with Gasteiger partial charge in [0.15, 0.2) is 23.0 Å². The number of allylic oxidation sites excluding steroid dienone is 1. The molecule has 0 saturated heterocycles. The van der Waals surface area contributed by atoms with Crippen LogP contribution in [0.4, 0.5) is 5.69 Å². The lowest BCUT2D eigenvalue weighted by atomic mass is 10.1. The lowest BCUT2D eigenvalue weighted by molar-refractivity contribution is -0.386. The first-order chi connectivity index (χ1) is 13.4. The van der Waals surface area contributed by atoms with E-state index >= 15 is 0 Å². The summed E-state index contributed by atoms with van der Waals surface area (Å²) in [7, 11) is 5.59. The van der Waals surface area contributed by atoms with E-state index in [-0.39, 0.29) is 11.3 Å². The molecule has 0 aromatic heterocycles. The van der Waals surface area contributed by atoms with Gasteiger partial charge in [-0.15, -0.1) is 0 Å². The summed E-state index contributed by atoms with van der Waals surface area (Å²) in [5, 5.41) is 20.9. The van der Waals surface area contributed by atoms with Gasteiger partial charge >= 0.3 is 5.69 Å². The Hall–Kier alpha value is -3.75. The molecule has 2 aromatic rings. The third-order valence-electron chi connectivity index (χ3n) is 3.87. The third-order valence-corrected chi connectivity index (χ3v) is 3.87. The van der Waals surface area contributed by atoms with Crippen LogP contribution in [-0.4, -0.2) is 44.3 Å². The predicted molar refractivity (Wildman–Crippen MR) is 101 cm³/mol. The Labute approximate surface area is 160 Å². The van der Waals surface area contributed by atoms with Crippen LogP contribution in [0.3, 0.4) is 0 Å². The van der Waals surface area contributed by atoms with Gasteiger partial charge in [-0.1, -0.05) is 6.08 Å².